The second-order valence-corrected chi connectivity index (χ2v) is 23.1. The minimum Gasteiger partial charge on any atom is -0.390 e. The summed E-state index contributed by atoms with van der Waals surface area (Å²) in [5.74, 6) is 2.92. The van der Waals surface area contributed by atoms with Gasteiger partial charge in [-0.1, -0.05) is 65.8 Å². The van der Waals surface area contributed by atoms with Gasteiger partial charge in [-0.25, -0.2) is 4.89 Å². The fourth-order valence-corrected chi connectivity index (χ4v) is 14.5. The largest absolute Gasteiger partial charge is 0.423 e. The highest BCUT2D eigenvalue weighted by molar-refractivity contribution is 5.29. The molecule has 8 fully saturated rings. The van der Waals surface area contributed by atoms with E-state index in [1.165, 1.54) is 51.2 Å². The summed E-state index contributed by atoms with van der Waals surface area (Å²) >= 11 is 0. The molecule has 18 heteroatoms. The zero-order valence-corrected chi connectivity index (χ0v) is 40.6. The van der Waals surface area contributed by atoms with Crippen molar-refractivity contribution >= 4 is 0 Å². The Bertz CT molecular complexity index is 1770. The maximum absolute atomic E-state index is 13.7. The van der Waals surface area contributed by atoms with Gasteiger partial charge in [-0.05, 0) is 168 Å². The van der Waals surface area contributed by atoms with Crippen LogP contribution in [-0.4, -0.2) is 75.3 Å². The molecule has 1 aromatic carbocycles. The van der Waals surface area contributed by atoms with Gasteiger partial charge >= 0.3 is 24.7 Å². The van der Waals surface area contributed by atoms with Crippen LogP contribution in [0.15, 0.2) is 24.3 Å². The van der Waals surface area contributed by atoms with Crippen LogP contribution in [0.5, 0.6) is 0 Å². The Balaban J connectivity index is 0.000000197. The van der Waals surface area contributed by atoms with Gasteiger partial charge in [-0.3, -0.25) is 5.26 Å². The Labute approximate surface area is 393 Å². The van der Waals surface area contributed by atoms with Gasteiger partial charge in [0.1, 0.15) is 6.10 Å². The summed E-state index contributed by atoms with van der Waals surface area (Å²) in [6.45, 7) is 12.6. The van der Waals surface area contributed by atoms with Gasteiger partial charge < -0.3 is 20.1 Å². The molecular formula is C50H74F12O6. The number of hydrogen-bond donors (Lipinski definition) is 4. The maximum Gasteiger partial charge on any atom is 0.423 e. The second-order valence-electron chi connectivity index (χ2n) is 23.1. The highest BCUT2D eigenvalue weighted by atomic mass is 19.4. The van der Waals surface area contributed by atoms with E-state index >= 15 is 0 Å². The average molecular weight is 999 g/mol. The minimum atomic E-state index is -5.45. The number of ether oxygens (including phenoxy) is 1. The summed E-state index contributed by atoms with van der Waals surface area (Å²) in [6, 6.07) is 5.97. The normalized spacial score (nSPS) is 35.6. The molecule has 0 amide bonds. The van der Waals surface area contributed by atoms with E-state index in [-0.39, 0.29) is 42.6 Å². The molecule has 68 heavy (non-hydrogen) atoms. The first-order valence-electron chi connectivity index (χ1n) is 24.4. The average Bonchev–Trinajstić information content (AvgIpc) is 3.19. The fourth-order valence-electron chi connectivity index (χ4n) is 14.5. The molecule has 0 radical (unpaired) electrons. The Morgan fingerprint density at radius 3 is 1.50 bits per heavy atom. The molecule has 0 aliphatic heterocycles. The fraction of sp³-hybridized carbons (Fsp3) is 0.880. The van der Waals surface area contributed by atoms with E-state index in [1.54, 1.807) is 19.1 Å². The molecule has 1 aromatic rings. The first kappa shape index (κ1) is 57.0. The predicted octanol–water partition coefficient (Wildman–Crippen LogP) is 14.4. The van der Waals surface area contributed by atoms with Crippen LogP contribution in [0.4, 0.5) is 52.7 Å². The van der Waals surface area contributed by atoms with Crippen molar-refractivity contribution in [3.8, 4) is 0 Å². The van der Waals surface area contributed by atoms with Crippen molar-refractivity contribution in [2.75, 3.05) is 6.61 Å². The molecule has 8 aliphatic carbocycles. The molecule has 0 heterocycles. The lowest BCUT2D eigenvalue weighted by Crippen LogP contribution is -2.68. The first-order valence-corrected chi connectivity index (χ1v) is 24.4. The molecule has 7 atom stereocenters. The molecule has 394 valence electrons. The van der Waals surface area contributed by atoms with Crippen LogP contribution in [0.2, 0.25) is 0 Å². The third kappa shape index (κ3) is 11.3. The van der Waals surface area contributed by atoms with E-state index in [0.29, 0.717) is 49.9 Å². The summed E-state index contributed by atoms with van der Waals surface area (Å²) in [5.41, 5.74) is -8.21. The Morgan fingerprint density at radius 2 is 1.15 bits per heavy atom. The molecular weight excluding hydrogens is 925 g/mol. The number of benzene rings is 1. The lowest BCUT2D eigenvalue weighted by Gasteiger charge is -2.66. The van der Waals surface area contributed by atoms with Gasteiger partial charge in [-0.15, -0.1) is 0 Å². The molecule has 8 bridgehead atoms. The summed E-state index contributed by atoms with van der Waals surface area (Å²) < 4.78 is 161. The third-order valence-corrected chi connectivity index (χ3v) is 18.1. The smallest absolute Gasteiger partial charge is 0.390 e. The van der Waals surface area contributed by atoms with Crippen LogP contribution < -0.4 is 0 Å². The Morgan fingerprint density at radius 1 is 0.662 bits per heavy atom. The van der Waals surface area contributed by atoms with Crippen molar-refractivity contribution in [3.63, 3.8) is 0 Å². The van der Waals surface area contributed by atoms with Crippen LogP contribution in [-0.2, 0) is 15.2 Å². The van der Waals surface area contributed by atoms with E-state index in [4.69, 9.17) is 0 Å². The highest BCUT2D eigenvalue weighted by Gasteiger charge is 2.71. The molecule has 8 aliphatic rings. The van der Waals surface area contributed by atoms with Crippen LogP contribution in [0.1, 0.15) is 175 Å². The van der Waals surface area contributed by atoms with Gasteiger partial charge in [0.25, 0.3) is 0 Å². The number of halogens is 12. The SMILES string of the molecule is CCC(C)(C(OO)C12CC3CC(O)(CC(O)(C3)C1)C2)C(F)(F)F.CCC(C)(COC(C(F)(F)F)C(F)(F)F)CC1(CC)C2CC3CC(C2)CC1C3.CCC(C)c1ccc(C(C)(O)C(F)(F)F)cc1. The highest BCUT2D eigenvalue weighted by Crippen LogP contribution is 2.69. The van der Waals surface area contributed by atoms with Crippen LogP contribution >= 0.6 is 0 Å². The number of rotatable bonds is 14. The van der Waals surface area contributed by atoms with Gasteiger partial charge in [0.2, 0.25) is 6.10 Å². The summed E-state index contributed by atoms with van der Waals surface area (Å²) in [7, 11) is 0. The predicted molar refractivity (Wildman–Crippen MR) is 231 cm³/mol. The summed E-state index contributed by atoms with van der Waals surface area (Å²) in [4.78, 5) is 4.47. The monoisotopic (exact) mass is 999 g/mol. The van der Waals surface area contributed by atoms with Crippen molar-refractivity contribution in [1.29, 1.82) is 0 Å². The lowest BCUT2D eigenvalue weighted by molar-refractivity contribution is -0.393. The van der Waals surface area contributed by atoms with Crippen molar-refractivity contribution in [3.05, 3.63) is 35.4 Å². The molecule has 7 unspecified atom stereocenters. The van der Waals surface area contributed by atoms with Crippen LogP contribution in [0, 0.1) is 51.2 Å². The third-order valence-electron chi connectivity index (χ3n) is 18.1. The van der Waals surface area contributed by atoms with Crippen molar-refractivity contribution < 1.29 is 82.9 Å². The van der Waals surface area contributed by atoms with Gasteiger partial charge in [0.15, 0.2) is 5.60 Å². The second kappa shape index (κ2) is 19.5. The first-order chi connectivity index (χ1) is 30.9. The lowest BCUT2D eigenvalue weighted by atomic mass is 9.42. The zero-order valence-electron chi connectivity index (χ0n) is 40.6. The van der Waals surface area contributed by atoms with E-state index in [1.807, 2.05) is 20.8 Å². The topological polar surface area (TPSA) is 99.4 Å². The quantitative estimate of drug-likeness (QED) is 0.0842. The van der Waals surface area contributed by atoms with Gasteiger partial charge in [-0.2, -0.15) is 52.7 Å². The van der Waals surface area contributed by atoms with Crippen molar-refractivity contribution in [1.82, 2.24) is 0 Å². The minimum absolute atomic E-state index is 0.0340. The summed E-state index contributed by atoms with van der Waals surface area (Å²) in [6.07, 6.45) is -14.6. The summed E-state index contributed by atoms with van der Waals surface area (Å²) in [5, 5.41) is 40.4. The Hall–Kier alpha value is -1.86. The standard InChI is InChI=1S/C21H32F6O.C16H25F3O4.C13H17F3O/c1-4-18(3,12-28-17(20(22,23)24)21(25,26)27)11-19(5-2)15-7-13-6-14(9-15)10-16(19)8-13;1-3-12(2,16(17,18)19)11(23-22)13-4-10-5-14(20,7-13)9-15(21,6-10)8-13;1-4-9(2)10-5-7-11(8-6-10)12(3,17)13(14,15)16/h13-17H,4-12H2,1-3H3;10-11,20-22H,3-9H2,1-2H3;5-9,17H,4H2,1-3H3. The molecule has 9 rings (SSSR count). The maximum atomic E-state index is 13.7. The number of alkyl halides is 12. The Kier molecular flexibility index (Phi) is 16.4. The van der Waals surface area contributed by atoms with Crippen LogP contribution in [0.3, 0.4) is 0 Å². The van der Waals surface area contributed by atoms with E-state index < -0.39 is 76.6 Å². The van der Waals surface area contributed by atoms with Crippen LogP contribution in [0.25, 0.3) is 0 Å². The molecule has 0 spiro atoms. The van der Waals surface area contributed by atoms with Crippen molar-refractivity contribution in [2.24, 2.45) is 51.2 Å². The van der Waals surface area contributed by atoms with Gasteiger partial charge in [0.05, 0.1) is 23.2 Å². The van der Waals surface area contributed by atoms with E-state index in [0.717, 1.165) is 44.1 Å². The van der Waals surface area contributed by atoms with Crippen molar-refractivity contribution in [2.45, 2.75) is 218 Å². The number of hydrogen-bond acceptors (Lipinski definition) is 6. The molecule has 8 saturated carbocycles. The molecule has 0 saturated heterocycles. The molecule has 6 nitrogen and oxygen atoms in total. The van der Waals surface area contributed by atoms with E-state index in [9.17, 15) is 73.3 Å². The molecule has 0 aromatic heterocycles. The molecule has 4 N–H and O–H groups in total. The van der Waals surface area contributed by atoms with E-state index in [2.05, 4.69) is 16.5 Å². The number of aliphatic hydroxyl groups is 3. The van der Waals surface area contributed by atoms with Gasteiger partial charge in [0, 0.05) is 11.8 Å². The zero-order chi connectivity index (χ0) is 51.5.